The lowest BCUT2D eigenvalue weighted by atomic mass is 9.84. The molecule has 7 heteroatoms. The number of carbonyl (C=O) groups is 2. The van der Waals surface area contributed by atoms with E-state index in [1.807, 2.05) is 40.7 Å². The van der Waals surface area contributed by atoms with Gasteiger partial charge in [0.25, 0.3) is 11.7 Å². The van der Waals surface area contributed by atoms with Gasteiger partial charge in [-0.2, -0.15) is 0 Å². The van der Waals surface area contributed by atoms with Gasteiger partial charge in [0.1, 0.15) is 23.3 Å². The molecule has 3 aromatic rings. The molecule has 1 unspecified atom stereocenters. The number of pyridine rings is 1. The molecule has 1 atom stereocenters. The van der Waals surface area contributed by atoms with Crippen LogP contribution in [-0.2, 0) is 15.0 Å². The Morgan fingerprint density at radius 2 is 1.73 bits per heavy atom. The Labute approximate surface area is 217 Å². The summed E-state index contributed by atoms with van der Waals surface area (Å²) in [5.74, 6) is -0.496. The van der Waals surface area contributed by atoms with Crippen LogP contribution >= 0.6 is 0 Å². The van der Waals surface area contributed by atoms with Crippen LogP contribution in [0.2, 0.25) is 0 Å². The number of hydrogen-bond donors (Lipinski definition) is 1. The Morgan fingerprint density at radius 3 is 2.38 bits per heavy atom. The molecule has 2 aromatic carbocycles. The van der Waals surface area contributed by atoms with Crippen LogP contribution in [0.25, 0.3) is 5.76 Å². The van der Waals surface area contributed by atoms with E-state index in [0.717, 1.165) is 5.56 Å². The highest BCUT2D eigenvalue weighted by Gasteiger charge is 2.47. The standard InChI is InChI=1S/C30H32N2O5/c1-6-36-21-12-10-11-20(18-21)32-26(23-13-8-9-16-31-23)25(28(34)29(32)35)27(33)19-14-15-24(37-7-2)22(17-19)30(3,4)5/h8-18,26,33H,6-7H2,1-5H3/b27-25-. The highest BCUT2D eigenvalue weighted by atomic mass is 16.5. The number of ether oxygens (including phenoxy) is 2. The van der Waals surface area contributed by atoms with Crippen LogP contribution in [0.3, 0.4) is 0 Å². The first-order valence-corrected chi connectivity index (χ1v) is 12.4. The molecule has 0 saturated carbocycles. The fourth-order valence-corrected chi connectivity index (χ4v) is 4.51. The van der Waals surface area contributed by atoms with Crippen molar-refractivity contribution in [2.75, 3.05) is 18.1 Å². The summed E-state index contributed by atoms with van der Waals surface area (Å²) in [5.41, 5.74) is 1.95. The lowest BCUT2D eigenvalue weighted by molar-refractivity contribution is -0.132. The smallest absolute Gasteiger partial charge is 0.300 e. The molecule has 1 fully saturated rings. The molecule has 0 radical (unpaired) electrons. The van der Waals surface area contributed by atoms with Crippen molar-refractivity contribution in [3.05, 3.63) is 89.3 Å². The van der Waals surface area contributed by atoms with Crippen LogP contribution in [-0.4, -0.2) is 35.0 Å². The van der Waals surface area contributed by atoms with Gasteiger partial charge in [-0.3, -0.25) is 19.5 Å². The second kappa shape index (κ2) is 10.5. The molecule has 1 aliphatic heterocycles. The fraction of sp³-hybridized carbons (Fsp3) is 0.300. The minimum absolute atomic E-state index is 0.0190. The van der Waals surface area contributed by atoms with Gasteiger partial charge in [-0.1, -0.05) is 32.9 Å². The number of anilines is 1. The van der Waals surface area contributed by atoms with Gasteiger partial charge in [0.2, 0.25) is 0 Å². The van der Waals surface area contributed by atoms with E-state index in [4.69, 9.17) is 9.47 Å². The lowest BCUT2D eigenvalue weighted by Gasteiger charge is -2.25. The molecule has 37 heavy (non-hydrogen) atoms. The molecule has 7 nitrogen and oxygen atoms in total. The predicted molar refractivity (Wildman–Crippen MR) is 143 cm³/mol. The third-order valence-corrected chi connectivity index (χ3v) is 6.18. The Balaban J connectivity index is 1.92. The maximum absolute atomic E-state index is 13.5. The Bertz CT molecular complexity index is 1340. The van der Waals surface area contributed by atoms with E-state index in [1.54, 1.807) is 60.8 Å². The van der Waals surface area contributed by atoms with Gasteiger partial charge < -0.3 is 14.6 Å². The highest BCUT2D eigenvalue weighted by molar-refractivity contribution is 6.51. The van der Waals surface area contributed by atoms with E-state index >= 15 is 0 Å². The summed E-state index contributed by atoms with van der Waals surface area (Å²) in [5, 5.41) is 11.5. The van der Waals surface area contributed by atoms with Gasteiger partial charge in [0.15, 0.2) is 0 Å². The van der Waals surface area contributed by atoms with Gasteiger partial charge >= 0.3 is 0 Å². The molecule has 0 spiro atoms. The van der Waals surface area contributed by atoms with E-state index in [-0.39, 0.29) is 16.7 Å². The summed E-state index contributed by atoms with van der Waals surface area (Å²) in [4.78, 5) is 32.7. The van der Waals surface area contributed by atoms with Crippen molar-refractivity contribution < 1.29 is 24.2 Å². The van der Waals surface area contributed by atoms with Crippen molar-refractivity contribution in [2.24, 2.45) is 0 Å². The molecule has 1 aliphatic rings. The monoisotopic (exact) mass is 500 g/mol. The van der Waals surface area contributed by atoms with E-state index in [9.17, 15) is 14.7 Å². The topological polar surface area (TPSA) is 89.0 Å². The van der Waals surface area contributed by atoms with Crippen LogP contribution < -0.4 is 14.4 Å². The molecular formula is C30H32N2O5. The summed E-state index contributed by atoms with van der Waals surface area (Å²) < 4.78 is 11.4. The van der Waals surface area contributed by atoms with Crippen molar-refractivity contribution in [3.63, 3.8) is 0 Å². The van der Waals surface area contributed by atoms with E-state index in [0.29, 0.717) is 41.7 Å². The van der Waals surface area contributed by atoms with Crippen LogP contribution in [0, 0.1) is 0 Å². The van der Waals surface area contributed by atoms with Crippen molar-refractivity contribution in [1.29, 1.82) is 0 Å². The van der Waals surface area contributed by atoms with Crippen LogP contribution in [0.15, 0.2) is 72.4 Å². The van der Waals surface area contributed by atoms with E-state index in [1.165, 1.54) is 4.90 Å². The maximum Gasteiger partial charge on any atom is 0.300 e. The Morgan fingerprint density at radius 1 is 0.973 bits per heavy atom. The predicted octanol–water partition coefficient (Wildman–Crippen LogP) is 5.80. The molecule has 0 bridgehead atoms. The number of Topliss-reactive ketones (excluding diaryl/α,β-unsaturated/α-hetero) is 1. The van der Waals surface area contributed by atoms with Gasteiger partial charge in [-0.05, 0) is 61.7 Å². The minimum atomic E-state index is -0.914. The highest BCUT2D eigenvalue weighted by Crippen LogP contribution is 2.43. The van der Waals surface area contributed by atoms with Crippen LogP contribution in [0.1, 0.15) is 57.5 Å². The number of ketones is 1. The molecule has 2 heterocycles. The molecule has 4 rings (SSSR count). The number of carbonyl (C=O) groups excluding carboxylic acids is 2. The summed E-state index contributed by atoms with van der Waals surface area (Å²) >= 11 is 0. The molecule has 0 aliphatic carbocycles. The molecule has 1 N–H and O–H groups in total. The number of aromatic nitrogens is 1. The summed E-state index contributed by atoms with van der Waals surface area (Å²) in [6, 6.07) is 16.7. The quantitative estimate of drug-likeness (QED) is 0.250. The summed E-state index contributed by atoms with van der Waals surface area (Å²) in [6.45, 7) is 10.9. The van der Waals surface area contributed by atoms with Crippen molar-refractivity contribution >= 4 is 23.1 Å². The Hall–Kier alpha value is -4.13. The maximum atomic E-state index is 13.5. The van der Waals surface area contributed by atoms with E-state index < -0.39 is 17.7 Å². The van der Waals surface area contributed by atoms with Gasteiger partial charge in [-0.15, -0.1) is 0 Å². The zero-order valence-corrected chi connectivity index (χ0v) is 21.8. The van der Waals surface area contributed by atoms with Gasteiger partial charge in [0.05, 0.1) is 24.5 Å². The second-order valence-electron chi connectivity index (χ2n) is 9.75. The third-order valence-electron chi connectivity index (χ3n) is 6.18. The number of aliphatic hydroxyl groups excluding tert-OH is 1. The first-order chi connectivity index (χ1) is 17.7. The first-order valence-electron chi connectivity index (χ1n) is 12.4. The van der Waals surface area contributed by atoms with Crippen molar-refractivity contribution in [2.45, 2.75) is 46.1 Å². The normalized spacial score (nSPS) is 17.2. The average Bonchev–Trinajstić information content (AvgIpc) is 3.14. The average molecular weight is 501 g/mol. The summed E-state index contributed by atoms with van der Waals surface area (Å²) in [7, 11) is 0. The molecule has 192 valence electrons. The number of amides is 1. The van der Waals surface area contributed by atoms with Crippen molar-refractivity contribution in [3.8, 4) is 11.5 Å². The zero-order chi connectivity index (χ0) is 26.7. The fourth-order valence-electron chi connectivity index (χ4n) is 4.51. The third kappa shape index (κ3) is 5.07. The number of aliphatic hydroxyl groups is 1. The van der Waals surface area contributed by atoms with E-state index in [2.05, 4.69) is 4.98 Å². The Kier molecular flexibility index (Phi) is 7.34. The largest absolute Gasteiger partial charge is 0.507 e. The molecule has 1 aromatic heterocycles. The van der Waals surface area contributed by atoms with Crippen molar-refractivity contribution in [1.82, 2.24) is 4.98 Å². The second-order valence-corrected chi connectivity index (χ2v) is 9.75. The van der Waals surface area contributed by atoms with Gasteiger partial charge in [0, 0.05) is 29.1 Å². The molecule has 1 amide bonds. The zero-order valence-electron chi connectivity index (χ0n) is 21.8. The minimum Gasteiger partial charge on any atom is -0.507 e. The summed E-state index contributed by atoms with van der Waals surface area (Å²) in [6.07, 6.45) is 1.60. The van der Waals surface area contributed by atoms with Crippen LogP contribution in [0.5, 0.6) is 11.5 Å². The number of nitrogens with zero attached hydrogens (tertiary/aromatic N) is 2. The SMILES string of the molecule is CCOc1cccc(N2C(=O)C(=O)/C(=C(\O)c3ccc(OCC)c(C(C)(C)C)c3)C2c2ccccn2)c1. The lowest BCUT2D eigenvalue weighted by Crippen LogP contribution is -2.29. The number of rotatable bonds is 7. The van der Waals surface area contributed by atoms with Gasteiger partial charge in [-0.25, -0.2) is 0 Å². The molecule has 1 saturated heterocycles. The first kappa shape index (κ1) is 25.9. The number of hydrogen-bond acceptors (Lipinski definition) is 6. The number of benzene rings is 2. The van der Waals surface area contributed by atoms with Crippen LogP contribution in [0.4, 0.5) is 5.69 Å². The molecular weight excluding hydrogens is 468 g/mol.